The van der Waals surface area contributed by atoms with E-state index >= 15 is 0 Å². The maximum Gasteiger partial charge on any atom is 0.211 e. The molecular weight excluding hydrogens is 252 g/mol. The molecule has 0 bridgehead atoms. The van der Waals surface area contributed by atoms with E-state index in [1.165, 1.54) is 11.5 Å². The van der Waals surface area contributed by atoms with E-state index in [2.05, 4.69) is 13.8 Å². The zero-order valence-corrected chi connectivity index (χ0v) is 12.1. The van der Waals surface area contributed by atoms with Crippen LogP contribution >= 0.6 is 11.6 Å². The third-order valence-corrected chi connectivity index (χ3v) is 5.38. The lowest BCUT2D eigenvalue weighted by atomic mass is 10.1. The summed E-state index contributed by atoms with van der Waals surface area (Å²) in [7, 11) is 0.257. The van der Waals surface area contributed by atoms with Crippen molar-refractivity contribution in [3.05, 3.63) is 34.9 Å². The van der Waals surface area contributed by atoms with Crippen LogP contribution in [0.15, 0.2) is 24.3 Å². The Morgan fingerprint density at radius 3 is 2.12 bits per heavy atom. The lowest BCUT2D eigenvalue weighted by Crippen LogP contribution is -2.22. The molecular formula is C14H20ClOS+. The van der Waals surface area contributed by atoms with Gasteiger partial charge in [0.1, 0.15) is 11.5 Å². The smallest absolute Gasteiger partial charge is 0.211 e. The summed E-state index contributed by atoms with van der Waals surface area (Å²) in [6.07, 6.45) is 2.33. The first-order valence-electron chi connectivity index (χ1n) is 6.10. The number of hydrogen-bond acceptors (Lipinski definition) is 1. The molecule has 0 aliphatic carbocycles. The van der Waals surface area contributed by atoms with Crippen LogP contribution in [-0.4, -0.2) is 23.0 Å². The average molecular weight is 272 g/mol. The Hall–Kier alpha value is -0.470. The molecule has 1 aromatic rings. The lowest BCUT2D eigenvalue weighted by Gasteiger charge is -2.06. The van der Waals surface area contributed by atoms with E-state index in [1.54, 1.807) is 12.1 Å². The van der Waals surface area contributed by atoms with Gasteiger partial charge in [0.15, 0.2) is 5.75 Å². The van der Waals surface area contributed by atoms with Gasteiger partial charge in [-0.15, -0.1) is 0 Å². The Morgan fingerprint density at radius 1 is 1.12 bits per heavy atom. The van der Waals surface area contributed by atoms with Crippen LogP contribution in [0.1, 0.15) is 37.0 Å². The van der Waals surface area contributed by atoms with Gasteiger partial charge in [-0.05, 0) is 48.0 Å². The molecule has 0 unspecified atom stereocenters. The Kier molecular flexibility index (Phi) is 6.68. The molecule has 17 heavy (non-hydrogen) atoms. The molecule has 0 N–H and O–H groups in total. The summed E-state index contributed by atoms with van der Waals surface area (Å²) in [4.78, 5) is 12.1. The van der Waals surface area contributed by atoms with Gasteiger partial charge >= 0.3 is 0 Å². The van der Waals surface area contributed by atoms with Crippen molar-refractivity contribution in [3.8, 4) is 0 Å². The van der Waals surface area contributed by atoms with Gasteiger partial charge in [-0.25, -0.2) is 0 Å². The molecule has 94 valence electrons. The van der Waals surface area contributed by atoms with Crippen LogP contribution in [0, 0.1) is 0 Å². The fraction of sp³-hybridized carbons (Fsp3) is 0.500. The minimum atomic E-state index is 0.256. The van der Waals surface area contributed by atoms with Crippen molar-refractivity contribution in [1.82, 2.24) is 0 Å². The van der Waals surface area contributed by atoms with Crippen LogP contribution in [0.2, 0.25) is 5.02 Å². The molecule has 0 saturated heterocycles. The van der Waals surface area contributed by atoms with Gasteiger partial charge in [-0.1, -0.05) is 25.4 Å². The SMILES string of the molecule is CCC[S+](CCC)CC(=O)c1ccc(Cl)cc1. The van der Waals surface area contributed by atoms with Crippen molar-refractivity contribution in [1.29, 1.82) is 0 Å². The monoisotopic (exact) mass is 271 g/mol. The first-order chi connectivity index (χ1) is 8.17. The summed E-state index contributed by atoms with van der Waals surface area (Å²) < 4.78 is 0. The van der Waals surface area contributed by atoms with Gasteiger partial charge < -0.3 is 0 Å². The molecule has 3 heteroatoms. The van der Waals surface area contributed by atoms with Crippen molar-refractivity contribution >= 4 is 28.3 Å². The first-order valence-corrected chi connectivity index (χ1v) is 8.21. The third kappa shape index (κ3) is 5.13. The molecule has 0 saturated carbocycles. The summed E-state index contributed by atoms with van der Waals surface area (Å²) in [5.74, 6) is 3.30. The summed E-state index contributed by atoms with van der Waals surface area (Å²) in [5.41, 5.74) is 0.791. The number of carbonyl (C=O) groups is 1. The predicted octanol–water partition coefficient (Wildman–Crippen LogP) is 3.96. The highest BCUT2D eigenvalue weighted by molar-refractivity contribution is 7.97. The summed E-state index contributed by atoms with van der Waals surface area (Å²) in [5, 5.41) is 0.683. The molecule has 0 spiro atoms. The fourth-order valence-corrected chi connectivity index (χ4v) is 4.04. The van der Waals surface area contributed by atoms with Crippen molar-refractivity contribution in [2.75, 3.05) is 17.3 Å². The lowest BCUT2D eigenvalue weighted by molar-refractivity contribution is 0.102. The van der Waals surface area contributed by atoms with Crippen LogP contribution in [0.25, 0.3) is 0 Å². The van der Waals surface area contributed by atoms with Crippen LogP contribution in [0.3, 0.4) is 0 Å². The second-order valence-corrected chi connectivity index (χ2v) is 6.86. The highest BCUT2D eigenvalue weighted by Crippen LogP contribution is 2.12. The third-order valence-electron chi connectivity index (χ3n) is 2.49. The highest BCUT2D eigenvalue weighted by atomic mass is 35.5. The minimum absolute atomic E-state index is 0.256. The fourth-order valence-electron chi connectivity index (χ4n) is 1.73. The van der Waals surface area contributed by atoms with Gasteiger partial charge in [-0.2, -0.15) is 0 Å². The molecule has 1 aromatic carbocycles. The van der Waals surface area contributed by atoms with Crippen molar-refractivity contribution in [2.24, 2.45) is 0 Å². The molecule has 0 radical (unpaired) electrons. The standard InChI is InChI=1S/C14H20ClOS/c1-3-9-17(10-4-2)11-14(16)12-5-7-13(15)8-6-12/h5-8H,3-4,9-11H2,1-2H3/q+1. The Morgan fingerprint density at radius 2 is 1.65 bits per heavy atom. The average Bonchev–Trinajstić information content (AvgIpc) is 2.30. The Labute approximate surface area is 112 Å². The Balaban J connectivity index is 2.60. The molecule has 0 heterocycles. The molecule has 0 atom stereocenters. The van der Waals surface area contributed by atoms with E-state index in [1.807, 2.05) is 12.1 Å². The minimum Gasteiger partial charge on any atom is -0.289 e. The number of rotatable bonds is 7. The van der Waals surface area contributed by atoms with E-state index < -0.39 is 0 Å². The number of hydrogen-bond donors (Lipinski definition) is 0. The maximum absolute atomic E-state index is 12.1. The van der Waals surface area contributed by atoms with Gasteiger partial charge in [0, 0.05) is 10.6 Å². The van der Waals surface area contributed by atoms with E-state index in [0.29, 0.717) is 10.8 Å². The van der Waals surface area contributed by atoms with Gasteiger partial charge in [0.05, 0.1) is 0 Å². The van der Waals surface area contributed by atoms with E-state index in [4.69, 9.17) is 11.6 Å². The maximum atomic E-state index is 12.1. The normalized spacial score (nSPS) is 10.8. The molecule has 0 amide bonds. The summed E-state index contributed by atoms with van der Waals surface area (Å²) >= 11 is 5.81. The summed E-state index contributed by atoms with van der Waals surface area (Å²) in [6, 6.07) is 7.22. The van der Waals surface area contributed by atoms with E-state index in [9.17, 15) is 4.79 Å². The molecule has 0 aliphatic heterocycles. The van der Waals surface area contributed by atoms with Gasteiger partial charge in [0.2, 0.25) is 5.78 Å². The topological polar surface area (TPSA) is 17.1 Å². The molecule has 1 nitrogen and oxygen atoms in total. The van der Waals surface area contributed by atoms with Crippen molar-refractivity contribution in [2.45, 2.75) is 26.7 Å². The zero-order valence-electron chi connectivity index (χ0n) is 10.5. The first kappa shape index (κ1) is 14.6. The van der Waals surface area contributed by atoms with Crippen LogP contribution in [-0.2, 0) is 10.9 Å². The number of carbonyl (C=O) groups excluding carboxylic acids is 1. The van der Waals surface area contributed by atoms with Crippen molar-refractivity contribution < 1.29 is 4.79 Å². The Bertz CT molecular complexity index is 342. The van der Waals surface area contributed by atoms with Crippen LogP contribution in [0.5, 0.6) is 0 Å². The molecule has 0 aromatic heterocycles. The van der Waals surface area contributed by atoms with Crippen molar-refractivity contribution in [3.63, 3.8) is 0 Å². The number of Topliss-reactive ketones (excluding diaryl/α,β-unsaturated/α-hetero) is 1. The van der Waals surface area contributed by atoms with Crippen LogP contribution in [0.4, 0.5) is 0 Å². The second kappa shape index (κ2) is 7.78. The zero-order chi connectivity index (χ0) is 12.7. The van der Waals surface area contributed by atoms with E-state index in [-0.39, 0.29) is 16.7 Å². The number of benzene rings is 1. The highest BCUT2D eigenvalue weighted by Gasteiger charge is 2.21. The van der Waals surface area contributed by atoms with Gasteiger partial charge in [-0.3, -0.25) is 4.79 Å². The summed E-state index contributed by atoms with van der Waals surface area (Å²) in [6.45, 7) is 4.37. The van der Waals surface area contributed by atoms with Gasteiger partial charge in [0.25, 0.3) is 0 Å². The second-order valence-electron chi connectivity index (χ2n) is 4.10. The van der Waals surface area contributed by atoms with E-state index in [0.717, 1.165) is 18.4 Å². The molecule has 0 aliphatic rings. The van der Waals surface area contributed by atoms with Crippen LogP contribution < -0.4 is 0 Å². The predicted molar refractivity (Wildman–Crippen MR) is 78.3 cm³/mol. The molecule has 0 fully saturated rings. The number of ketones is 1. The number of halogens is 1. The quantitative estimate of drug-likeness (QED) is 0.542. The largest absolute Gasteiger partial charge is 0.289 e. The molecule has 1 rings (SSSR count).